The summed E-state index contributed by atoms with van der Waals surface area (Å²) >= 11 is 0. The maximum Gasteiger partial charge on any atom is 0.0430 e. The molecule has 0 fully saturated rings. The monoisotopic (exact) mass is 352 g/mol. The van der Waals surface area contributed by atoms with Crippen molar-refractivity contribution in [2.24, 2.45) is 0 Å². The number of benzene rings is 3. The summed E-state index contributed by atoms with van der Waals surface area (Å²) < 4.78 is 0. The Kier molecular flexibility index (Phi) is 4.41. The highest BCUT2D eigenvalue weighted by Gasteiger charge is 2.16. The third-order valence-electron chi connectivity index (χ3n) is 5.57. The van der Waals surface area contributed by atoms with Crippen LogP contribution in [0.4, 0.5) is 5.69 Å². The molecule has 0 heterocycles. The van der Waals surface area contributed by atoms with E-state index < -0.39 is 0 Å². The lowest BCUT2D eigenvalue weighted by atomic mass is 9.94. The summed E-state index contributed by atoms with van der Waals surface area (Å²) in [6.07, 6.45) is 3.83. The van der Waals surface area contributed by atoms with Crippen LogP contribution >= 0.6 is 0 Å². The van der Waals surface area contributed by atoms with E-state index in [1.807, 2.05) is 12.1 Å². The topological polar surface area (TPSA) is 49.9 Å². The van der Waals surface area contributed by atoms with E-state index >= 15 is 0 Å². The lowest BCUT2D eigenvalue weighted by Crippen LogP contribution is -2.06. The third kappa shape index (κ3) is 3.43. The summed E-state index contributed by atoms with van der Waals surface area (Å²) in [6, 6.07) is 20.8. The molecule has 1 aliphatic carbocycles. The molecule has 0 aromatic heterocycles. The second-order valence-electron chi connectivity index (χ2n) is 7.40. The summed E-state index contributed by atoms with van der Waals surface area (Å²) in [5.74, 6) is 0. The van der Waals surface area contributed by atoms with Crippen molar-refractivity contribution in [3.63, 3.8) is 0 Å². The van der Waals surface area contributed by atoms with Crippen molar-refractivity contribution in [1.29, 1.82) is 5.41 Å². The Bertz CT molecular complexity index is 1060. The maximum absolute atomic E-state index is 8.60. The molecule has 0 bridgehead atoms. The highest BCUT2D eigenvalue weighted by molar-refractivity contribution is 6.01. The Morgan fingerprint density at radius 3 is 2.56 bits per heavy atom. The Morgan fingerprint density at radius 2 is 1.78 bits per heavy atom. The number of rotatable bonds is 4. The summed E-state index contributed by atoms with van der Waals surface area (Å²) in [7, 11) is 0. The molecule has 2 nitrogen and oxygen atoms in total. The number of nitrogen functional groups attached to an aromatic ring is 1. The van der Waals surface area contributed by atoms with Crippen molar-refractivity contribution in [3.8, 4) is 0 Å². The van der Waals surface area contributed by atoms with Crippen LogP contribution in [0.25, 0.3) is 11.6 Å². The summed E-state index contributed by atoms with van der Waals surface area (Å²) in [4.78, 5) is 0. The van der Waals surface area contributed by atoms with E-state index in [0.29, 0.717) is 12.1 Å². The zero-order valence-corrected chi connectivity index (χ0v) is 15.8. The van der Waals surface area contributed by atoms with Gasteiger partial charge in [-0.05, 0) is 83.0 Å². The molecule has 0 spiro atoms. The van der Waals surface area contributed by atoms with E-state index in [0.717, 1.165) is 17.7 Å². The largest absolute Gasteiger partial charge is 0.399 e. The molecule has 134 valence electrons. The van der Waals surface area contributed by atoms with Crippen molar-refractivity contribution in [3.05, 3.63) is 99.6 Å². The number of hydrogen-bond donors (Lipinski definition) is 2. The van der Waals surface area contributed by atoms with Crippen LogP contribution in [-0.4, -0.2) is 5.71 Å². The summed E-state index contributed by atoms with van der Waals surface area (Å²) in [6.45, 7) is 4.27. The number of allylic oxidation sites excluding steroid dienone is 1. The molecule has 2 heteroatoms. The van der Waals surface area contributed by atoms with Crippen LogP contribution < -0.4 is 5.73 Å². The minimum atomic E-state index is 0.671. The second kappa shape index (κ2) is 6.88. The highest BCUT2D eigenvalue weighted by atomic mass is 14.5. The number of nitrogens with one attached hydrogen (secondary N) is 1. The molecule has 0 radical (unpaired) electrons. The average molecular weight is 352 g/mol. The normalized spacial score (nSPS) is 12.6. The highest BCUT2D eigenvalue weighted by Crippen LogP contribution is 2.32. The molecule has 0 amide bonds. The number of aryl methyl sites for hydroxylation is 1. The number of hydrogen-bond acceptors (Lipinski definition) is 2. The molecule has 0 atom stereocenters. The van der Waals surface area contributed by atoms with Crippen LogP contribution in [0.1, 0.15) is 38.9 Å². The fraction of sp³-hybridized carbons (Fsp3) is 0.160. The number of nitrogens with two attached hydrogens (primary N) is 1. The Balaban J connectivity index is 1.54. The van der Waals surface area contributed by atoms with Gasteiger partial charge in [-0.25, -0.2) is 0 Å². The SMILES string of the molecule is Cc1cccc(CC(=N)c2ccc3c(c2)CC(c2ccc(N)cc2)=C3)c1C. The molecule has 27 heavy (non-hydrogen) atoms. The number of fused-ring (bicyclic) bond motifs is 1. The van der Waals surface area contributed by atoms with Crippen molar-refractivity contribution >= 4 is 23.0 Å². The summed E-state index contributed by atoms with van der Waals surface area (Å²) in [5, 5.41) is 8.60. The predicted molar refractivity (Wildman–Crippen MR) is 115 cm³/mol. The van der Waals surface area contributed by atoms with E-state index in [2.05, 4.69) is 68.5 Å². The smallest absolute Gasteiger partial charge is 0.0430 e. The first-order valence-electron chi connectivity index (χ1n) is 9.33. The minimum Gasteiger partial charge on any atom is -0.399 e. The van der Waals surface area contributed by atoms with Crippen LogP contribution in [-0.2, 0) is 12.8 Å². The van der Waals surface area contributed by atoms with E-state index in [1.165, 1.54) is 39.0 Å². The van der Waals surface area contributed by atoms with Crippen LogP contribution in [0.5, 0.6) is 0 Å². The Morgan fingerprint density at radius 1 is 1.00 bits per heavy atom. The second-order valence-corrected chi connectivity index (χ2v) is 7.40. The van der Waals surface area contributed by atoms with Crippen LogP contribution in [0.15, 0.2) is 60.7 Å². The molecule has 4 rings (SSSR count). The number of anilines is 1. The van der Waals surface area contributed by atoms with Crippen LogP contribution in [0.2, 0.25) is 0 Å². The van der Waals surface area contributed by atoms with Gasteiger partial charge >= 0.3 is 0 Å². The van der Waals surface area contributed by atoms with Gasteiger partial charge < -0.3 is 11.1 Å². The Labute approximate surface area is 160 Å². The maximum atomic E-state index is 8.60. The van der Waals surface area contributed by atoms with Gasteiger partial charge in [0.15, 0.2) is 0 Å². The third-order valence-corrected chi connectivity index (χ3v) is 5.57. The van der Waals surface area contributed by atoms with Gasteiger partial charge in [0, 0.05) is 17.8 Å². The quantitative estimate of drug-likeness (QED) is 0.466. The molecule has 0 saturated carbocycles. The zero-order valence-electron chi connectivity index (χ0n) is 15.8. The fourth-order valence-electron chi connectivity index (χ4n) is 3.71. The van der Waals surface area contributed by atoms with Crippen LogP contribution in [0.3, 0.4) is 0 Å². The first kappa shape index (κ1) is 17.3. The van der Waals surface area contributed by atoms with Gasteiger partial charge in [0.25, 0.3) is 0 Å². The van der Waals surface area contributed by atoms with Crippen LogP contribution in [0, 0.1) is 19.3 Å². The van der Waals surface area contributed by atoms with Gasteiger partial charge in [-0.1, -0.05) is 48.5 Å². The standard InChI is InChI=1S/C25H24N2/c1-16-4-3-5-19(17(16)2)15-25(27)21-7-6-20-12-22(14-23(20)13-21)18-8-10-24(26)11-9-18/h3-13,27H,14-15,26H2,1-2H3. The first-order valence-corrected chi connectivity index (χ1v) is 9.33. The minimum absolute atomic E-state index is 0.671. The first-order chi connectivity index (χ1) is 13.0. The van der Waals surface area contributed by atoms with Gasteiger partial charge in [0.1, 0.15) is 0 Å². The van der Waals surface area contributed by atoms with Gasteiger partial charge in [-0.15, -0.1) is 0 Å². The van der Waals surface area contributed by atoms with Gasteiger partial charge in [0.2, 0.25) is 0 Å². The molecule has 0 aliphatic heterocycles. The average Bonchev–Trinajstić information content (AvgIpc) is 3.09. The lowest BCUT2D eigenvalue weighted by Gasteiger charge is -2.11. The van der Waals surface area contributed by atoms with E-state index in [-0.39, 0.29) is 0 Å². The van der Waals surface area contributed by atoms with Crippen molar-refractivity contribution < 1.29 is 0 Å². The molecule has 0 saturated heterocycles. The predicted octanol–water partition coefficient (Wildman–Crippen LogP) is 5.59. The molecular formula is C25H24N2. The Hall–Kier alpha value is -3.13. The van der Waals surface area contributed by atoms with Crippen molar-refractivity contribution in [1.82, 2.24) is 0 Å². The van der Waals surface area contributed by atoms with Gasteiger partial charge in [-0.3, -0.25) is 0 Å². The molecule has 3 aromatic rings. The van der Waals surface area contributed by atoms with E-state index in [4.69, 9.17) is 11.1 Å². The molecule has 3 aromatic carbocycles. The zero-order chi connectivity index (χ0) is 19.0. The van der Waals surface area contributed by atoms with Crippen molar-refractivity contribution in [2.75, 3.05) is 5.73 Å². The van der Waals surface area contributed by atoms with Crippen molar-refractivity contribution in [2.45, 2.75) is 26.7 Å². The van der Waals surface area contributed by atoms with E-state index in [1.54, 1.807) is 0 Å². The van der Waals surface area contributed by atoms with E-state index in [9.17, 15) is 0 Å². The van der Waals surface area contributed by atoms with Gasteiger partial charge in [0.05, 0.1) is 0 Å². The lowest BCUT2D eigenvalue weighted by molar-refractivity contribution is 1.19. The van der Waals surface area contributed by atoms with Gasteiger partial charge in [-0.2, -0.15) is 0 Å². The molecule has 3 N–H and O–H groups in total. The fourth-order valence-corrected chi connectivity index (χ4v) is 3.71. The summed E-state index contributed by atoms with van der Waals surface area (Å²) in [5.41, 5.74) is 17.2. The molecule has 0 unspecified atom stereocenters. The molecule has 1 aliphatic rings. The molecular weight excluding hydrogens is 328 g/mol.